The maximum atomic E-state index is 12.7. The fraction of sp³-hybridized carbons (Fsp3) is 0.0385. The summed E-state index contributed by atoms with van der Waals surface area (Å²) in [5, 5.41) is 5.90. The normalized spacial score (nSPS) is 10.9. The van der Waals surface area contributed by atoms with Crippen molar-refractivity contribution < 1.29 is 14.3 Å². The lowest BCUT2D eigenvalue weighted by Gasteiger charge is -2.09. The summed E-state index contributed by atoms with van der Waals surface area (Å²) < 4.78 is 6.36. The van der Waals surface area contributed by atoms with E-state index in [1.54, 1.807) is 42.5 Å². The second-order valence-electron chi connectivity index (χ2n) is 7.17. The Morgan fingerprint density at radius 2 is 1.72 bits per heavy atom. The lowest BCUT2D eigenvalue weighted by atomic mass is 10.0. The van der Waals surface area contributed by atoms with Crippen molar-refractivity contribution in [2.45, 2.75) is 6.92 Å². The fourth-order valence-corrected chi connectivity index (χ4v) is 3.67. The Balaban J connectivity index is 1.53. The van der Waals surface area contributed by atoms with E-state index in [1.807, 2.05) is 49.4 Å². The zero-order valence-electron chi connectivity index (χ0n) is 17.2. The molecule has 0 aromatic heterocycles. The standard InChI is InChI=1S/C26H19BrN2O3/c1-17-6-4-9-19(14-17)26(31)32-24-13-12-21(27)15-20(24)16-28-29-25(30)23-11-5-8-18-7-2-3-10-22(18)23/h2-16H,1H3,(H,29,30)/b28-16-. The maximum Gasteiger partial charge on any atom is 0.343 e. The number of nitrogens with zero attached hydrogens (tertiary/aromatic N) is 1. The first-order chi connectivity index (χ1) is 15.5. The number of nitrogens with one attached hydrogen (secondary N) is 1. The summed E-state index contributed by atoms with van der Waals surface area (Å²) in [5.41, 5.74) is 5.05. The van der Waals surface area contributed by atoms with Crippen molar-refractivity contribution in [3.05, 3.63) is 112 Å². The first-order valence-electron chi connectivity index (χ1n) is 9.91. The van der Waals surface area contributed by atoms with Gasteiger partial charge in [-0.2, -0.15) is 5.10 Å². The van der Waals surface area contributed by atoms with Crippen molar-refractivity contribution in [2.24, 2.45) is 5.10 Å². The number of hydrogen-bond donors (Lipinski definition) is 1. The number of esters is 1. The molecule has 0 aliphatic carbocycles. The van der Waals surface area contributed by atoms with E-state index in [9.17, 15) is 9.59 Å². The summed E-state index contributed by atoms with van der Waals surface area (Å²) >= 11 is 3.41. The molecule has 4 aromatic rings. The van der Waals surface area contributed by atoms with Gasteiger partial charge in [-0.05, 0) is 54.1 Å². The summed E-state index contributed by atoms with van der Waals surface area (Å²) in [6.07, 6.45) is 1.45. The molecule has 0 saturated heterocycles. The first-order valence-corrected chi connectivity index (χ1v) is 10.7. The van der Waals surface area contributed by atoms with Crippen LogP contribution in [0.1, 0.15) is 31.8 Å². The number of rotatable bonds is 5. The van der Waals surface area contributed by atoms with Crippen molar-refractivity contribution in [2.75, 3.05) is 0 Å². The van der Waals surface area contributed by atoms with Gasteiger partial charge in [0.05, 0.1) is 11.8 Å². The second-order valence-corrected chi connectivity index (χ2v) is 8.08. The summed E-state index contributed by atoms with van der Waals surface area (Å²) in [5.74, 6) is -0.459. The molecule has 0 saturated carbocycles. The highest BCUT2D eigenvalue weighted by molar-refractivity contribution is 9.10. The van der Waals surface area contributed by atoms with Crippen LogP contribution in [-0.4, -0.2) is 18.1 Å². The molecule has 0 fully saturated rings. The number of benzene rings is 4. The molecule has 158 valence electrons. The van der Waals surface area contributed by atoms with E-state index in [1.165, 1.54) is 6.21 Å². The molecule has 0 aliphatic rings. The molecule has 0 aliphatic heterocycles. The zero-order valence-corrected chi connectivity index (χ0v) is 18.8. The summed E-state index contributed by atoms with van der Waals surface area (Å²) in [4.78, 5) is 25.2. The molecular weight excluding hydrogens is 468 g/mol. The van der Waals surface area contributed by atoms with Gasteiger partial charge in [0, 0.05) is 15.6 Å². The Morgan fingerprint density at radius 1 is 0.938 bits per heavy atom. The van der Waals surface area contributed by atoms with E-state index in [4.69, 9.17) is 4.74 Å². The number of hydrazone groups is 1. The van der Waals surface area contributed by atoms with Crippen molar-refractivity contribution in [3.63, 3.8) is 0 Å². The molecule has 0 spiro atoms. The highest BCUT2D eigenvalue weighted by Crippen LogP contribution is 2.23. The van der Waals surface area contributed by atoms with Gasteiger partial charge in [-0.15, -0.1) is 0 Å². The summed E-state index contributed by atoms with van der Waals surface area (Å²) in [6, 6.07) is 25.6. The highest BCUT2D eigenvalue weighted by Gasteiger charge is 2.12. The minimum Gasteiger partial charge on any atom is -0.422 e. The van der Waals surface area contributed by atoms with E-state index >= 15 is 0 Å². The molecular formula is C26H19BrN2O3. The summed E-state index contributed by atoms with van der Waals surface area (Å²) in [7, 11) is 0. The molecule has 4 rings (SSSR count). The van der Waals surface area contributed by atoms with E-state index in [-0.39, 0.29) is 5.91 Å². The molecule has 4 aromatic carbocycles. The minimum absolute atomic E-state index is 0.327. The first kappa shape index (κ1) is 21.5. The van der Waals surface area contributed by atoms with Crippen LogP contribution in [0.25, 0.3) is 10.8 Å². The van der Waals surface area contributed by atoms with E-state index < -0.39 is 5.97 Å². The van der Waals surface area contributed by atoms with Gasteiger partial charge >= 0.3 is 5.97 Å². The van der Waals surface area contributed by atoms with Crippen molar-refractivity contribution in [3.8, 4) is 5.75 Å². The predicted molar refractivity (Wildman–Crippen MR) is 129 cm³/mol. The molecule has 0 atom stereocenters. The molecule has 0 radical (unpaired) electrons. The molecule has 0 heterocycles. The number of carbonyl (C=O) groups is 2. The van der Waals surface area contributed by atoms with Crippen LogP contribution in [0, 0.1) is 6.92 Å². The monoisotopic (exact) mass is 486 g/mol. The van der Waals surface area contributed by atoms with Crippen LogP contribution >= 0.6 is 15.9 Å². The fourth-order valence-electron chi connectivity index (χ4n) is 3.29. The minimum atomic E-state index is -0.467. The maximum absolute atomic E-state index is 12.7. The molecule has 1 N–H and O–H groups in total. The van der Waals surface area contributed by atoms with E-state index in [2.05, 4.69) is 26.5 Å². The molecule has 32 heavy (non-hydrogen) atoms. The van der Waals surface area contributed by atoms with Crippen LogP contribution in [0.3, 0.4) is 0 Å². The Kier molecular flexibility index (Phi) is 6.42. The van der Waals surface area contributed by atoms with Crippen molar-refractivity contribution >= 4 is 44.8 Å². The number of carbonyl (C=O) groups excluding carboxylic acids is 2. The number of halogens is 1. The number of ether oxygens (including phenoxy) is 1. The van der Waals surface area contributed by atoms with Crippen LogP contribution in [0.5, 0.6) is 5.75 Å². The lowest BCUT2D eigenvalue weighted by Crippen LogP contribution is -2.18. The van der Waals surface area contributed by atoms with Gasteiger partial charge in [-0.25, -0.2) is 10.2 Å². The van der Waals surface area contributed by atoms with Gasteiger partial charge in [0.25, 0.3) is 5.91 Å². The van der Waals surface area contributed by atoms with Crippen molar-refractivity contribution in [1.29, 1.82) is 0 Å². The predicted octanol–water partition coefficient (Wildman–Crippen LogP) is 5.89. The number of aryl methyl sites for hydroxylation is 1. The zero-order chi connectivity index (χ0) is 22.5. The van der Waals surface area contributed by atoms with Crippen molar-refractivity contribution in [1.82, 2.24) is 5.43 Å². The van der Waals surface area contributed by atoms with Crippen LogP contribution in [0.2, 0.25) is 0 Å². The molecule has 0 unspecified atom stereocenters. The smallest absolute Gasteiger partial charge is 0.343 e. The van der Waals surface area contributed by atoms with Crippen LogP contribution in [-0.2, 0) is 0 Å². The molecule has 5 nitrogen and oxygen atoms in total. The highest BCUT2D eigenvalue weighted by atomic mass is 79.9. The molecule has 0 bridgehead atoms. The Labute approximate surface area is 193 Å². The topological polar surface area (TPSA) is 67.8 Å². The van der Waals surface area contributed by atoms with Gasteiger partial charge in [-0.1, -0.05) is 70.0 Å². The summed E-state index contributed by atoms with van der Waals surface area (Å²) in [6.45, 7) is 1.91. The van der Waals surface area contributed by atoms with Crippen LogP contribution in [0.15, 0.2) is 94.5 Å². The quantitative estimate of drug-likeness (QED) is 0.165. The Hall–Kier alpha value is -3.77. The van der Waals surface area contributed by atoms with Crippen LogP contribution in [0.4, 0.5) is 0 Å². The average Bonchev–Trinajstić information content (AvgIpc) is 2.80. The Bertz CT molecular complexity index is 1340. The third-order valence-electron chi connectivity index (χ3n) is 4.83. The van der Waals surface area contributed by atoms with Gasteiger partial charge in [-0.3, -0.25) is 4.79 Å². The number of fused-ring (bicyclic) bond motifs is 1. The average molecular weight is 487 g/mol. The van der Waals surface area contributed by atoms with E-state index in [0.717, 1.165) is 20.8 Å². The Morgan fingerprint density at radius 3 is 2.56 bits per heavy atom. The van der Waals surface area contributed by atoms with E-state index in [0.29, 0.717) is 22.4 Å². The van der Waals surface area contributed by atoms with Gasteiger partial charge in [0.1, 0.15) is 5.75 Å². The third kappa shape index (κ3) is 4.92. The van der Waals surface area contributed by atoms with Gasteiger partial charge in [0.2, 0.25) is 0 Å². The number of amides is 1. The van der Waals surface area contributed by atoms with Crippen LogP contribution < -0.4 is 10.2 Å². The lowest BCUT2D eigenvalue weighted by molar-refractivity contribution is 0.0734. The third-order valence-corrected chi connectivity index (χ3v) is 5.33. The molecule has 1 amide bonds. The molecule has 6 heteroatoms. The van der Waals surface area contributed by atoms with Gasteiger partial charge in [0.15, 0.2) is 0 Å². The largest absolute Gasteiger partial charge is 0.422 e. The second kappa shape index (κ2) is 9.58. The van der Waals surface area contributed by atoms with Gasteiger partial charge < -0.3 is 4.74 Å². The SMILES string of the molecule is Cc1cccc(C(=O)Oc2ccc(Br)cc2/C=N\NC(=O)c2cccc3ccccc23)c1. The number of hydrogen-bond acceptors (Lipinski definition) is 4.